The molecular formula is C12H24N2O2. The van der Waals surface area contributed by atoms with Crippen molar-refractivity contribution in [3.05, 3.63) is 0 Å². The van der Waals surface area contributed by atoms with Crippen molar-refractivity contribution >= 4 is 5.97 Å². The van der Waals surface area contributed by atoms with E-state index in [9.17, 15) is 4.79 Å². The van der Waals surface area contributed by atoms with Crippen LogP contribution >= 0.6 is 0 Å². The van der Waals surface area contributed by atoms with Crippen LogP contribution < -0.4 is 5.32 Å². The van der Waals surface area contributed by atoms with E-state index in [2.05, 4.69) is 28.8 Å². The first-order chi connectivity index (χ1) is 7.67. The molecule has 0 aromatic carbocycles. The fourth-order valence-electron chi connectivity index (χ4n) is 2.27. The van der Waals surface area contributed by atoms with Crippen molar-refractivity contribution in [3.8, 4) is 0 Å². The molecule has 1 aliphatic heterocycles. The number of hydrogen-bond acceptors (Lipinski definition) is 4. The van der Waals surface area contributed by atoms with Gasteiger partial charge in [-0.25, -0.2) is 0 Å². The molecule has 0 aromatic heterocycles. The molecule has 16 heavy (non-hydrogen) atoms. The number of methoxy groups -OCH3 is 1. The molecule has 0 aromatic rings. The maximum Gasteiger partial charge on any atom is 0.319 e. The number of nitrogens with zero attached hydrogens (tertiary/aromatic N) is 1. The van der Waals surface area contributed by atoms with E-state index >= 15 is 0 Å². The Morgan fingerprint density at radius 3 is 3.00 bits per heavy atom. The summed E-state index contributed by atoms with van der Waals surface area (Å²) in [5, 5.41) is 3.25. The number of ether oxygens (including phenoxy) is 1. The number of rotatable bonds is 5. The van der Waals surface area contributed by atoms with Crippen molar-refractivity contribution in [2.24, 2.45) is 5.92 Å². The molecule has 94 valence electrons. The van der Waals surface area contributed by atoms with Gasteiger partial charge >= 0.3 is 5.97 Å². The molecule has 0 spiro atoms. The first kappa shape index (κ1) is 13.5. The summed E-state index contributed by atoms with van der Waals surface area (Å²) in [4.78, 5) is 13.5. The highest BCUT2D eigenvalue weighted by Crippen LogP contribution is 2.19. The van der Waals surface area contributed by atoms with Gasteiger partial charge in [-0.2, -0.15) is 0 Å². The van der Waals surface area contributed by atoms with Crippen LogP contribution in [0.4, 0.5) is 0 Å². The van der Waals surface area contributed by atoms with E-state index in [1.54, 1.807) is 0 Å². The van der Waals surface area contributed by atoms with Crippen LogP contribution in [0.15, 0.2) is 0 Å². The number of carbonyl (C=O) groups is 1. The summed E-state index contributed by atoms with van der Waals surface area (Å²) in [5.41, 5.74) is 0. The van der Waals surface area contributed by atoms with Gasteiger partial charge in [0, 0.05) is 12.6 Å². The smallest absolute Gasteiger partial charge is 0.319 e. The largest absolute Gasteiger partial charge is 0.468 e. The van der Waals surface area contributed by atoms with E-state index in [0.717, 1.165) is 13.1 Å². The second-order valence-electron chi connectivity index (χ2n) is 4.54. The topological polar surface area (TPSA) is 41.6 Å². The molecule has 0 bridgehead atoms. The van der Waals surface area contributed by atoms with Crippen LogP contribution in [0.2, 0.25) is 0 Å². The zero-order chi connectivity index (χ0) is 12.0. The maximum absolute atomic E-state index is 11.0. The zero-order valence-corrected chi connectivity index (χ0v) is 10.7. The molecule has 2 atom stereocenters. The summed E-state index contributed by atoms with van der Waals surface area (Å²) in [7, 11) is 1.42. The minimum absolute atomic E-state index is 0.185. The Bertz CT molecular complexity index is 221. The van der Waals surface area contributed by atoms with E-state index in [1.165, 1.54) is 26.5 Å². The van der Waals surface area contributed by atoms with Crippen molar-refractivity contribution < 1.29 is 9.53 Å². The van der Waals surface area contributed by atoms with Gasteiger partial charge in [0.2, 0.25) is 0 Å². The molecule has 0 radical (unpaired) electrons. The summed E-state index contributed by atoms with van der Waals surface area (Å²) < 4.78 is 4.62. The van der Waals surface area contributed by atoms with E-state index in [1.807, 2.05) is 0 Å². The molecule has 1 saturated heterocycles. The van der Waals surface area contributed by atoms with Gasteiger partial charge in [-0.15, -0.1) is 0 Å². The number of nitrogens with one attached hydrogen (secondary N) is 1. The summed E-state index contributed by atoms with van der Waals surface area (Å²) in [5.74, 6) is 0.466. The van der Waals surface area contributed by atoms with Crippen molar-refractivity contribution in [1.82, 2.24) is 10.2 Å². The van der Waals surface area contributed by atoms with Crippen molar-refractivity contribution in [2.45, 2.75) is 32.7 Å². The predicted octanol–water partition coefficient (Wildman–Crippen LogP) is 0.869. The minimum Gasteiger partial charge on any atom is -0.468 e. The Labute approximate surface area is 98.3 Å². The molecule has 1 rings (SSSR count). The Morgan fingerprint density at radius 2 is 2.38 bits per heavy atom. The van der Waals surface area contributed by atoms with Crippen molar-refractivity contribution in [3.63, 3.8) is 0 Å². The quantitative estimate of drug-likeness (QED) is 0.709. The van der Waals surface area contributed by atoms with Crippen LogP contribution in [0.25, 0.3) is 0 Å². The van der Waals surface area contributed by atoms with Crippen LogP contribution in [0, 0.1) is 5.92 Å². The third-order valence-electron chi connectivity index (χ3n) is 3.49. The number of esters is 1. The number of piperidine rings is 1. The molecule has 2 unspecified atom stereocenters. The molecule has 1 aliphatic rings. The highest BCUT2D eigenvalue weighted by Gasteiger charge is 2.23. The lowest BCUT2D eigenvalue weighted by Gasteiger charge is -2.35. The summed E-state index contributed by atoms with van der Waals surface area (Å²) in [6, 6.07) is 0.383. The highest BCUT2D eigenvalue weighted by molar-refractivity contribution is 5.71. The normalized spacial score (nSPS) is 24.1. The van der Waals surface area contributed by atoms with Gasteiger partial charge in [0.05, 0.1) is 13.7 Å². The zero-order valence-electron chi connectivity index (χ0n) is 10.7. The second kappa shape index (κ2) is 6.86. The van der Waals surface area contributed by atoms with Gasteiger partial charge in [0.15, 0.2) is 0 Å². The molecule has 0 amide bonds. The van der Waals surface area contributed by atoms with Gasteiger partial charge in [-0.3, -0.25) is 4.79 Å². The number of likely N-dealkylation sites (tertiary alicyclic amines) is 1. The lowest BCUT2D eigenvalue weighted by atomic mass is 9.91. The molecule has 0 aliphatic carbocycles. The SMILES string of the molecule is CCN1CCCC(C(C)NCC(=O)OC)C1. The molecule has 1 fully saturated rings. The fraction of sp³-hybridized carbons (Fsp3) is 0.917. The van der Waals surface area contributed by atoms with Gasteiger partial charge in [0.25, 0.3) is 0 Å². The molecule has 0 saturated carbocycles. The summed E-state index contributed by atoms with van der Waals surface area (Å²) in [6.07, 6.45) is 2.52. The summed E-state index contributed by atoms with van der Waals surface area (Å²) in [6.45, 7) is 8.17. The van der Waals surface area contributed by atoms with Gasteiger partial charge in [0.1, 0.15) is 0 Å². The van der Waals surface area contributed by atoms with Gasteiger partial charge < -0.3 is 15.0 Å². The van der Waals surface area contributed by atoms with E-state index < -0.39 is 0 Å². The van der Waals surface area contributed by atoms with Crippen LogP contribution in [0.3, 0.4) is 0 Å². The van der Waals surface area contributed by atoms with E-state index in [0.29, 0.717) is 18.5 Å². The van der Waals surface area contributed by atoms with Gasteiger partial charge in [-0.1, -0.05) is 6.92 Å². The van der Waals surface area contributed by atoms with E-state index in [-0.39, 0.29) is 5.97 Å². The Balaban J connectivity index is 2.29. The molecule has 1 heterocycles. The fourth-order valence-corrected chi connectivity index (χ4v) is 2.27. The standard InChI is InChI=1S/C12H24N2O2/c1-4-14-7-5-6-11(9-14)10(2)13-8-12(15)16-3/h10-11,13H,4-9H2,1-3H3. The van der Waals surface area contributed by atoms with Crippen LogP contribution in [0.5, 0.6) is 0 Å². The Kier molecular flexibility index (Phi) is 5.77. The first-order valence-electron chi connectivity index (χ1n) is 6.20. The molecule has 4 heteroatoms. The van der Waals surface area contributed by atoms with Crippen LogP contribution in [-0.2, 0) is 9.53 Å². The number of hydrogen-bond donors (Lipinski definition) is 1. The Hall–Kier alpha value is -0.610. The maximum atomic E-state index is 11.0. The molecule has 1 N–H and O–H groups in total. The average Bonchev–Trinajstić information content (AvgIpc) is 2.35. The monoisotopic (exact) mass is 228 g/mol. The van der Waals surface area contributed by atoms with E-state index in [4.69, 9.17) is 0 Å². The second-order valence-corrected chi connectivity index (χ2v) is 4.54. The predicted molar refractivity (Wildman–Crippen MR) is 64.3 cm³/mol. The lowest BCUT2D eigenvalue weighted by Crippen LogP contribution is -2.45. The highest BCUT2D eigenvalue weighted by atomic mass is 16.5. The van der Waals surface area contributed by atoms with Crippen LogP contribution in [0.1, 0.15) is 26.7 Å². The van der Waals surface area contributed by atoms with Crippen molar-refractivity contribution in [1.29, 1.82) is 0 Å². The summed E-state index contributed by atoms with van der Waals surface area (Å²) >= 11 is 0. The average molecular weight is 228 g/mol. The minimum atomic E-state index is -0.185. The third kappa shape index (κ3) is 4.10. The molecular weight excluding hydrogens is 204 g/mol. The Morgan fingerprint density at radius 1 is 1.62 bits per heavy atom. The first-order valence-corrected chi connectivity index (χ1v) is 6.20. The number of carbonyl (C=O) groups excluding carboxylic acids is 1. The van der Waals surface area contributed by atoms with Gasteiger partial charge in [-0.05, 0) is 38.8 Å². The van der Waals surface area contributed by atoms with Crippen molar-refractivity contribution in [2.75, 3.05) is 33.3 Å². The molecule has 4 nitrogen and oxygen atoms in total. The third-order valence-corrected chi connectivity index (χ3v) is 3.49. The van der Waals surface area contributed by atoms with Crippen LogP contribution in [-0.4, -0.2) is 50.2 Å². The lowest BCUT2D eigenvalue weighted by molar-refractivity contribution is -0.139.